The molecule has 0 saturated heterocycles. The number of hydrogen-bond acceptors (Lipinski definition) is 0. The zero-order valence-electron chi connectivity index (χ0n) is 8.19. The molecule has 0 spiro atoms. The van der Waals surface area contributed by atoms with Crippen molar-refractivity contribution in [2.45, 2.75) is 20.8 Å². The lowest BCUT2D eigenvalue weighted by Crippen LogP contribution is -1.73. The van der Waals surface area contributed by atoms with Crippen LogP contribution in [0.1, 0.15) is 19.4 Å². The average molecular weight is 196 g/mol. The maximum atomic E-state index is 6.05. The van der Waals surface area contributed by atoms with Crippen molar-refractivity contribution < 1.29 is 0 Å². The Kier molecular flexibility index (Phi) is 3.38. The van der Waals surface area contributed by atoms with Gasteiger partial charge in [0.05, 0.1) is 5.02 Å². The van der Waals surface area contributed by atoms with E-state index in [9.17, 15) is 0 Å². The van der Waals surface area contributed by atoms with Crippen molar-refractivity contribution in [2.24, 2.45) is 0 Å². The van der Waals surface area contributed by atoms with Gasteiger partial charge in [0.15, 0.2) is 0 Å². The molecule has 1 aromatic heterocycles. The monoisotopic (exact) mass is 195 g/mol. The molecule has 1 N–H and O–H groups in total. The Balaban J connectivity index is 0.000000396. The molecule has 2 rings (SSSR count). The van der Waals surface area contributed by atoms with Crippen molar-refractivity contribution in [3.63, 3.8) is 0 Å². The van der Waals surface area contributed by atoms with Gasteiger partial charge < -0.3 is 4.98 Å². The highest BCUT2D eigenvalue weighted by Crippen LogP contribution is 2.25. The van der Waals surface area contributed by atoms with Crippen molar-refractivity contribution in [2.75, 3.05) is 0 Å². The predicted octanol–water partition coefficient (Wildman–Crippen LogP) is 4.16. The lowest BCUT2D eigenvalue weighted by Gasteiger charge is -1.96. The third-order valence-corrected chi connectivity index (χ3v) is 2.37. The summed E-state index contributed by atoms with van der Waals surface area (Å²) in [6.45, 7) is 6.01. The molecule has 0 aliphatic rings. The summed E-state index contributed by atoms with van der Waals surface area (Å²) < 4.78 is 0. The largest absolute Gasteiger partial charge is 0.366 e. The molecule has 0 radical (unpaired) electrons. The number of fused-ring (bicyclic) bond motifs is 1. The zero-order valence-corrected chi connectivity index (χ0v) is 8.94. The predicted molar refractivity (Wildman–Crippen MR) is 59.4 cm³/mol. The summed E-state index contributed by atoms with van der Waals surface area (Å²) >= 11 is 6.05. The van der Waals surface area contributed by atoms with Crippen LogP contribution in [0.2, 0.25) is 5.02 Å². The standard InChI is InChI=1S/C9H8ClN.C2H6/c1-6-2-3-7-4-11-5-8(7)9(6)10;1-2/h2-5,11H,1H3;1-2H3. The molecule has 0 bridgehead atoms. The molecule has 0 unspecified atom stereocenters. The number of aromatic amines is 1. The second-order valence-corrected chi connectivity index (χ2v) is 3.03. The van der Waals surface area contributed by atoms with Gasteiger partial charge in [-0.1, -0.05) is 37.6 Å². The molecule has 2 aromatic rings. The first-order chi connectivity index (χ1) is 6.29. The summed E-state index contributed by atoms with van der Waals surface area (Å²) in [6.07, 6.45) is 3.87. The first kappa shape index (κ1) is 10.1. The molecule has 0 aliphatic carbocycles. The van der Waals surface area contributed by atoms with Gasteiger partial charge >= 0.3 is 0 Å². The molecule has 0 fully saturated rings. The van der Waals surface area contributed by atoms with E-state index in [0.717, 1.165) is 16.0 Å². The smallest absolute Gasteiger partial charge is 0.0528 e. The fourth-order valence-corrected chi connectivity index (χ4v) is 1.43. The molecule has 0 saturated carbocycles. The number of H-pyrrole nitrogens is 1. The lowest BCUT2D eigenvalue weighted by molar-refractivity contribution is 1.43. The fourth-order valence-electron chi connectivity index (χ4n) is 1.20. The van der Waals surface area contributed by atoms with Crippen LogP contribution in [-0.4, -0.2) is 4.98 Å². The van der Waals surface area contributed by atoms with Gasteiger partial charge in [-0.25, -0.2) is 0 Å². The maximum Gasteiger partial charge on any atom is 0.0528 e. The molecule has 0 aliphatic heterocycles. The van der Waals surface area contributed by atoms with Gasteiger partial charge in [-0.15, -0.1) is 0 Å². The second kappa shape index (κ2) is 4.33. The number of benzene rings is 1. The summed E-state index contributed by atoms with van der Waals surface area (Å²) in [5, 5.41) is 3.12. The minimum atomic E-state index is 0.851. The number of halogens is 1. The summed E-state index contributed by atoms with van der Waals surface area (Å²) in [6, 6.07) is 4.09. The molecule has 0 atom stereocenters. The minimum absolute atomic E-state index is 0.851. The van der Waals surface area contributed by atoms with Crippen LogP contribution in [0.4, 0.5) is 0 Å². The van der Waals surface area contributed by atoms with Gasteiger partial charge in [0, 0.05) is 23.2 Å². The van der Waals surface area contributed by atoms with E-state index in [1.807, 2.05) is 39.2 Å². The highest BCUT2D eigenvalue weighted by Gasteiger charge is 2.00. The van der Waals surface area contributed by atoms with E-state index < -0.39 is 0 Å². The van der Waals surface area contributed by atoms with Crippen LogP contribution < -0.4 is 0 Å². The Hall–Kier alpha value is -0.950. The highest BCUT2D eigenvalue weighted by atomic mass is 35.5. The van der Waals surface area contributed by atoms with E-state index in [2.05, 4.69) is 11.1 Å². The molecule has 0 amide bonds. The third-order valence-electron chi connectivity index (χ3n) is 1.87. The molecular formula is C11H14ClN. The van der Waals surface area contributed by atoms with Gasteiger partial charge in [-0.05, 0) is 12.5 Å². The lowest BCUT2D eigenvalue weighted by atomic mass is 10.1. The van der Waals surface area contributed by atoms with Crippen molar-refractivity contribution in [3.05, 3.63) is 35.1 Å². The van der Waals surface area contributed by atoms with Gasteiger partial charge in [0.25, 0.3) is 0 Å². The molecule has 13 heavy (non-hydrogen) atoms. The summed E-state index contributed by atoms with van der Waals surface area (Å²) in [4.78, 5) is 3.02. The van der Waals surface area contributed by atoms with Crippen LogP contribution >= 0.6 is 11.6 Å². The summed E-state index contributed by atoms with van der Waals surface area (Å²) in [5.74, 6) is 0. The second-order valence-electron chi connectivity index (χ2n) is 2.65. The van der Waals surface area contributed by atoms with E-state index >= 15 is 0 Å². The van der Waals surface area contributed by atoms with Crippen LogP contribution in [0.15, 0.2) is 24.5 Å². The normalized spacial score (nSPS) is 9.54. The number of nitrogens with one attached hydrogen (secondary N) is 1. The van der Waals surface area contributed by atoms with Gasteiger partial charge in [-0.3, -0.25) is 0 Å². The van der Waals surface area contributed by atoms with Crippen molar-refractivity contribution in [1.82, 2.24) is 4.98 Å². The molecule has 1 heterocycles. The summed E-state index contributed by atoms with van der Waals surface area (Å²) in [7, 11) is 0. The summed E-state index contributed by atoms with van der Waals surface area (Å²) in [5.41, 5.74) is 1.12. The first-order valence-electron chi connectivity index (χ1n) is 4.50. The average Bonchev–Trinajstić information content (AvgIpc) is 2.63. The van der Waals surface area contributed by atoms with Gasteiger partial charge in [-0.2, -0.15) is 0 Å². The molecular weight excluding hydrogens is 182 g/mol. The van der Waals surface area contributed by atoms with Crippen LogP contribution in [0, 0.1) is 6.92 Å². The van der Waals surface area contributed by atoms with Gasteiger partial charge in [0.1, 0.15) is 0 Å². The Morgan fingerprint density at radius 2 is 1.85 bits per heavy atom. The fraction of sp³-hybridized carbons (Fsp3) is 0.273. The molecule has 2 heteroatoms. The van der Waals surface area contributed by atoms with E-state index in [0.29, 0.717) is 0 Å². The number of aryl methyl sites for hydroxylation is 1. The highest BCUT2D eigenvalue weighted by molar-refractivity contribution is 6.36. The Morgan fingerprint density at radius 3 is 2.54 bits per heavy atom. The quantitative estimate of drug-likeness (QED) is 0.650. The molecule has 1 nitrogen and oxygen atoms in total. The van der Waals surface area contributed by atoms with Crippen LogP contribution in [-0.2, 0) is 0 Å². The van der Waals surface area contributed by atoms with Gasteiger partial charge in [0.2, 0.25) is 0 Å². The molecule has 1 aromatic carbocycles. The van der Waals surface area contributed by atoms with Crippen LogP contribution in [0.5, 0.6) is 0 Å². The molecule has 70 valence electrons. The number of hydrogen-bond donors (Lipinski definition) is 1. The SMILES string of the molecule is CC.Cc1ccc2c[nH]cc2c1Cl. The first-order valence-corrected chi connectivity index (χ1v) is 4.88. The zero-order chi connectivity index (χ0) is 9.84. The Bertz CT molecular complexity index is 390. The maximum absolute atomic E-state index is 6.05. The van der Waals surface area contributed by atoms with E-state index in [1.54, 1.807) is 0 Å². The van der Waals surface area contributed by atoms with Crippen molar-refractivity contribution >= 4 is 22.4 Å². The Morgan fingerprint density at radius 1 is 1.15 bits per heavy atom. The topological polar surface area (TPSA) is 15.8 Å². The van der Waals surface area contributed by atoms with E-state index in [1.165, 1.54) is 5.39 Å². The van der Waals surface area contributed by atoms with E-state index in [-0.39, 0.29) is 0 Å². The third kappa shape index (κ3) is 1.86. The van der Waals surface area contributed by atoms with Crippen LogP contribution in [0.3, 0.4) is 0 Å². The van der Waals surface area contributed by atoms with E-state index in [4.69, 9.17) is 11.6 Å². The van der Waals surface area contributed by atoms with Crippen molar-refractivity contribution in [3.8, 4) is 0 Å². The van der Waals surface area contributed by atoms with Crippen LogP contribution in [0.25, 0.3) is 10.8 Å². The number of aromatic nitrogens is 1. The number of rotatable bonds is 0. The minimum Gasteiger partial charge on any atom is -0.366 e. The van der Waals surface area contributed by atoms with Crippen molar-refractivity contribution in [1.29, 1.82) is 0 Å². The Labute approximate surface area is 83.7 Å².